The van der Waals surface area contributed by atoms with E-state index in [0.29, 0.717) is 0 Å². The molecule has 0 bridgehead atoms. The number of hydrogen-bond donors (Lipinski definition) is 4. The number of hydrogen-bond acceptors (Lipinski definition) is 4. The molecule has 1 spiro atoms. The highest BCUT2D eigenvalue weighted by Gasteiger charge is 2.59. The summed E-state index contributed by atoms with van der Waals surface area (Å²) in [5.74, 6) is -0.201. The molecule has 0 aliphatic heterocycles. The Bertz CT molecular complexity index is 831. The molecule has 4 nitrogen and oxygen atoms in total. The van der Waals surface area contributed by atoms with E-state index >= 15 is 0 Å². The molecule has 1 saturated carbocycles. The Hall–Kier alpha value is -1.78. The molecule has 3 aliphatic carbocycles. The fourth-order valence-electron chi connectivity index (χ4n) is 5.55. The van der Waals surface area contributed by atoms with Gasteiger partial charge in [0, 0.05) is 5.41 Å². The van der Waals surface area contributed by atoms with Gasteiger partial charge in [0.2, 0.25) is 0 Å². The highest BCUT2D eigenvalue weighted by molar-refractivity contribution is 5.65. The van der Waals surface area contributed by atoms with Crippen LogP contribution >= 0.6 is 0 Å². The van der Waals surface area contributed by atoms with Gasteiger partial charge in [-0.05, 0) is 70.2 Å². The zero-order valence-electron chi connectivity index (χ0n) is 15.2. The van der Waals surface area contributed by atoms with E-state index in [1.165, 1.54) is 0 Å². The van der Waals surface area contributed by atoms with Crippen molar-refractivity contribution in [2.75, 3.05) is 0 Å². The lowest BCUT2D eigenvalue weighted by Crippen LogP contribution is -2.30. The first kappa shape index (κ1) is 16.7. The molecule has 0 saturated heterocycles. The lowest BCUT2D eigenvalue weighted by atomic mass is 9.72. The molecule has 1 fully saturated rings. The summed E-state index contributed by atoms with van der Waals surface area (Å²) in [7, 11) is 0. The van der Waals surface area contributed by atoms with E-state index in [1.807, 2.05) is 0 Å². The highest BCUT2D eigenvalue weighted by atomic mass is 16.3. The number of rotatable bonds is 0. The molecule has 0 heterocycles. The summed E-state index contributed by atoms with van der Waals surface area (Å²) >= 11 is 0. The van der Waals surface area contributed by atoms with Crippen LogP contribution in [0.1, 0.15) is 51.7 Å². The van der Waals surface area contributed by atoms with E-state index in [-0.39, 0.29) is 27.7 Å². The van der Waals surface area contributed by atoms with Crippen LogP contribution in [-0.4, -0.2) is 32.6 Å². The molecule has 0 radical (unpaired) electrons. The summed E-state index contributed by atoms with van der Waals surface area (Å²) < 4.78 is 0. The fraction of sp³-hybridized carbons (Fsp3) is 0.524. The van der Waals surface area contributed by atoms with Gasteiger partial charge in [-0.15, -0.1) is 0 Å². The molecule has 3 unspecified atom stereocenters. The highest BCUT2D eigenvalue weighted by Crippen LogP contribution is 2.67. The van der Waals surface area contributed by atoms with E-state index in [0.717, 1.165) is 35.1 Å². The summed E-state index contributed by atoms with van der Waals surface area (Å²) in [6.07, 6.45) is 3.48. The van der Waals surface area contributed by atoms with Crippen LogP contribution in [-0.2, 0) is 10.8 Å². The maximum Gasteiger partial charge on any atom is 0.157 e. The van der Waals surface area contributed by atoms with Gasteiger partial charge >= 0.3 is 0 Å². The van der Waals surface area contributed by atoms with Gasteiger partial charge in [0.05, 0.1) is 0 Å². The van der Waals surface area contributed by atoms with E-state index in [1.54, 1.807) is 24.3 Å². The number of aliphatic hydroxyl groups is 2. The summed E-state index contributed by atoms with van der Waals surface area (Å²) in [6.45, 7) is 8.63. The maximum absolute atomic E-state index is 10.3. The third kappa shape index (κ3) is 2.07. The second kappa shape index (κ2) is 4.68. The first-order valence-corrected chi connectivity index (χ1v) is 8.86. The van der Waals surface area contributed by atoms with Crippen LogP contribution in [0.15, 0.2) is 35.4 Å². The molecule has 0 aromatic heterocycles. The van der Waals surface area contributed by atoms with Gasteiger partial charge in [0.1, 0.15) is 12.2 Å². The Labute approximate surface area is 148 Å². The molecule has 4 heteroatoms. The minimum atomic E-state index is -0.914. The zero-order valence-corrected chi connectivity index (χ0v) is 15.2. The number of allylic oxidation sites excluding steroid dienone is 2. The van der Waals surface area contributed by atoms with E-state index in [4.69, 9.17) is 0 Å². The Morgan fingerprint density at radius 1 is 0.760 bits per heavy atom. The lowest BCUT2D eigenvalue weighted by Gasteiger charge is -2.32. The van der Waals surface area contributed by atoms with E-state index < -0.39 is 12.2 Å². The third-order valence-electron chi connectivity index (χ3n) is 6.41. The molecule has 3 aliphatic rings. The van der Waals surface area contributed by atoms with Gasteiger partial charge in [-0.2, -0.15) is 0 Å². The SMILES string of the molecule is CC1(C)CC2(CC(C)(C)c3cc(O)c(O)cc32)C2=CC(O)C(O)C=C21. The molecule has 4 N–H and O–H groups in total. The van der Waals surface area contributed by atoms with Gasteiger partial charge in [-0.25, -0.2) is 0 Å². The molecule has 1 aromatic rings. The molecule has 4 rings (SSSR count). The predicted molar refractivity (Wildman–Crippen MR) is 95.7 cm³/mol. The number of phenols is 2. The average molecular weight is 342 g/mol. The average Bonchev–Trinajstić information content (AvgIpc) is 2.82. The predicted octanol–water partition coefficient (Wildman–Crippen LogP) is 3.04. The van der Waals surface area contributed by atoms with E-state index in [2.05, 4.69) is 27.7 Å². The van der Waals surface area contributed by atoms with Crippen molar-refractivity contribution in [2.24, 2.45) is 5.41 Å². The lowest BCUT2D eigenvalue weighted by molar-refractivity contribution is 0.0770. The Kier molecular flexibility index (Phi) is 3.12. The van der Waals surface area contributed by atoms with Crippen molar-refractivity contribution in [1.82, 2.24) is 0 Å². The molecular weight excluding hydrogens is 316 g/mol. The smallest absolute Gasteiger partial charge is 0.157 e. The standard InChI is InChI=1S/C21H26O4/c1-19(2)9-21(13-7-17(24)15(22)5-11(13)19)10-20(3,4)12-6-16(23)18(25)8-14(12)21/h5-8,15,17,22-25H,9-10H2,1-4H3. The molecule has 25 heavy (non-hydrogen) atoms. The van der Waals surface area contributed by atoms with Gasteiger partial charge in [0.25, 0.3) is 0 Å². The van der Waals surface area contributed by atoms with Crippen molar-refractivity contribution in [3.8, 4) is 11.5 Å². The van der Waals surface area contributed by atoms with Crippen molar-refractivity contribution in [3.63, 3.8) is 0 Å². The number of aliphatic hydroxyl groups excluding tert-OH is 2. The quantitative estimate of drug-likeness (QED) is 0.546. The first-order chi connectivity index (χ1) is 11.5. The largest absolute Gasteiger partial charge is 0.504 e. The Morgan fingerprint density at radius 3 is 1.84 bits per heavy atom. The van der Waals surface area contributed by atoms with Crippen LogP contribution in [0.4, 0.5) is 0 Å². The minimum Gasteiger partial charge on any atom is -0.504 e. The second-order valence-electron chi connectivity index (χ2n) is 9.23. The molecule has 0 amide bonds. The maximum atomic E-state index is 10.3. The molecule has 3 atom stereocenters. The summed E-state index contributed by atoms with van der Waals surface area (Å²) in [4.78, 5) is 0. The summed E-state index contributed by atoms with van der Waals surface area (Å²) in [5.41, 5.74) is 3.60. The van der Waals surface area contributed by atoms with Gasteiger partial charge in [-0.3, -0.25) is 0 Å². The van der Waals surface area contributed by atoms with Crippen molar-refractivity contribution in [3.05, 3.63) is 46.6 Å². The topological polar surface area (TPSA) is 80.9 Å². The van der Waals surface area contributed by atoms with Crippen molar-refractivity contribution in [2.45, 2.75) is 63.6 Å². The Balaban J connectivity index is 2.00. The molecule has 134 valence electrons. The van der Waals surface area contributed by atoms with Crippen LogP contribution in [0.3, 0.4) is 0 Å². The molecule has 1 aromatic carbocycles. The minimum absolute atomic E-state index is 0.0926. The van der Waals surface area contributed by atoms with Crippen LogP contribution < -0.4 is 0 Å². The Morgan fingerprint density at radius 2 is 1.24 bits per heavy atom. The van der Waals surface area contributed by atoms with Crippen LogP contribution in [0.25, 0.3) is 0 Å². The van der Waals surface area contributed by atoms with Crippen LogP contribution in [0.2, 0.25) is 0 Å². The van der Waals surface area contributed by atoms with Crippen molar-refractivity contribution in [1.29, 1.82) is 0 Å². The first-order valence-electron chi connectivity index (χ1n) is 8.86. The number of aromatic hydroxyl groups is 2. The second-order valence-corrected chi connectivity index (χ2v) is 9.23. The van der Waals surface area contributed by atoms with E-state index in [9.17, 15) is 20.4 Å². The van der Waals surface area contributed by atoms with Crippen molar-refractivity contribution < 1.29 is 20.4 Å². The van der Waals surface area contributed by atoms with Gasteiger partial charge in [-0.1, -0.05) is 27.7 Å². The van der Waals surface area contributed by atoms with Gasteiger partial charge < -0.3 is 20.4 Å². The summed E-state index contributed by atoms with van der Waals surface area (Å²) in [5, 5.41) is 40.5. The zero-order chi connectivity index (χ0) is 18.4. The number of fused-ring (bicyclic) bond motifs is 4. The summed E-state index contributed by atoms with van der Waals surface area (Å²) in [6, 6.07) is 3.37. The monoisotopic (exact) mass is 342 g/mol. The number of benzene rings is 1. The normalized spacial score (nSPS) is 34.5. The van der Waals surface area contributed by atoms with Gasteiger partial charge in [0.15, 0.2) is 11.5 Å². The van der Waals surface area contributed by atoms with Crippen LogP contribution in [0.5, 0.6) is 11.5 Å². The number of phenolic OH excluding ortho intramolecular Hbond substituents is 2. The fourth-order valence-corrected chi connectivity index (χ4v) is 5.55. The van der Waals surface area contributed by atoms with Crippen molar-refractivity contribution >= 4 is 0 Å². The van der Waals surface area contributed by atoms with Crippen LogP contribution in [0, 0.1) is 5.41 Å². The molecular formula is C21H26O4. The third-order valence-corrected chi connectivity index (χ3v) is 6.41.